The molecule has 3 aromatic rings. The van der Waals surface area contributed by atoms with Crippen molar-refractivity contribution in [3.05, 3.63) is 84.2 Å². The molecule has 0 radical (unpaired) electrons. The van der Waals surface area contributed by atoms with Crippen molar-refractivity contribution < 1.29 is 9.47 Å². The van der Waals surface area contributed by atoms with Gasteiger partial charge in [-0.2, -0.15) is 0 Å². The Morgan fingerprint density at radius 1 is 1.00 bits per heavy atom. The minimum atomic E-state index is 0.147. The molecule has 2 aromatic carbocycles. The van der Waals surface area contributed by atoms with E-state index in [1.54, 1.807) is 6.20 Å². The lowest BCUT2D eigenvalue weighted by Gasteiger charge is -2.27. The Hall–Kier alpha value is -2.69. The first kappa shape index (κ1) is 19.6. The van der Waals surface area contributed by atoms with Crippen molar-refractivity contribution >= 4 is 0 Å². The highest BCUT2D eigenvalue weighted by molar-refractivity contribution is 5.64. The summed E-state index contributed by atoms with van der Waals surface area (Å²) in [5, 5.41) is 3.35. The van der Waals surface area contributed by atoms with Crippen LogP contribution in [0.4, 0.5) is 0 Å². The lowest BCUT2D eigenvalue weighted by atomic mass is 10.0. The number of hydrogen-bond donors (Lipinski definition) is 1. The number of benzene rings is 2. The standard InChI is InChI=1S/C25H28N2O2/c1-19(28-17-20-6-3-2-4-7-20)12-21-8-5-9-22(13-21)23-14-25(16-26-15-23)29-18-24-10-11-27-24/h2-9,13-16,19,24,27H,10-12,17-18H2,1H3/t19-,24-/m0/s1. The number of rotatable bonds is 9. The van der Waals surface area contributed by atoms with E-state index in [9.17, 15) is 0 Å². The maximum atomic E-state index is 6.03. The van der Waals surface area contributed by atoms with Gasteiger partial charge in [-0.05, 0) is 49.1 Å². The fraction of sp³-hybridized carbons (Fsp3) is 0.320. The molecule has 1 aliphatic rings. The van der Waals surface area contributed by atoms with Crippen molar-refractivity contribution in [2.75, 3.05) is 13.2 Å². The fourth-order valence-corrected chi connectivity index (χ4v) is 3.42. The van der Waals surface area contributed by atoms with Crippen molar-refractivity contribution in [1.82, 2.24) is 10.3 Å². The quantitative estimate of drug-likeness (QED) is 0.580. The molecule has 29 heavy (non-hydrogen) atoms. The summed E-state index contributed by atoms with van der Waals surface area (Å²) in [5.41, 5.74) is 4.68. The number of nitrogens with one attached hydrogen (secondary N) is 1. The molecule has 0 amide bonds. The van der Waals surface area contributed by atoms with Gasteiger partial charge in [-0.25, -0.2) is 0 Å². The van der Waals surface area contributed by atoms with E-state index in [-0.39, 0.29) is 6.10 Å². The van der Waals surface area contributed by atoms with Gasteiger partial charge in [0, 0.05) is 17.8 Å². The molecule has 4 heteroatoms. The Labute approximate surface area is 172 Å². The van der Waals surface area contributed by atoms with Gasteiger partial charge in [0.1, 0.15) is 12.4 Å². The number of ether oxygens (including phenoxy) is 2. The third-order valence-corrected chi connectivity index (χ3v) is 5.25. The zero-order valence-corrected chi connectivity index (χ0v) is 16.9. The van der Waals surface area contributed by atoms with Crippen molar-refractivity contribution in [3.8, 4) is 16.9 Å². The van der Waals surface area contributed by atoms with Crippen LogP contribution in [-0.4, -0.2) is 30.3 Å². The fourth-order valence-electron chi connectivity index (χ4n) is 3.42. The molecule has 1 aliphatic heterocycles. The van der Waals surface area contributed by atoms with Gasteiger partial charge in [-0.1, -0.05) is 54.6 Å². The van der Waals surface area contributed by atoms with Crippen LogP contribution >= 0.6 is 0 Å². The monoisotopic (exact) mass is 388 g/mol. The van der Waals surface area contributed by atoms with Crippen molar-refractivity contribution in [1.29, 1.82) is 0 Å². The first-order valence-electron chi connectivity index (χ1n) is 10.3. The predicted molar refractivity (Wildman–Crippen MR) is 116 cm³/mol. The molecule has 1 N–H and O–H groups in total. The lowest BCUT2D eigenvalue weighted by Crippen LogP contribution is -2.46. The van der Waals surface area contributed by atoms with Crippen LogP contribution in [-0.2, 0) is 17.8 Å². The summed E-state index contributed by atoms with van der Waals surface area (Å²) in [6.45, 7) is 4.55. The second-order valence-corrected chi connectivity index (χ2v) is 7.67. The van der Waals surface area contributed by atoms with Crippen molar-refractivity contribution in [2.24, 2.45) is 0 Å². The summed E-state index contributed by atoms with van der Waals surface area (Å²) in [6, 6.07) is 21.4. The number of nitrogens with zero attached hydrogens (tertiary/aromatic N) is 1. The third-order valence-electron chi connectivity index (χ3n) is 5.25. The van der Waals surface area contributed by atoms with E-state index in [0.717, 1.165) is 29.8 Å². The topological polar surface area (TPSA) is 43.4 Å². The molecule has 0 aliphatic carbocycles. The summed E-state index contributed by atoms with van der Waals surface area (Å²) >= 11 is 0. The van der Waals surface area contributed by atoms with Crippen LogP contribution in [0, 0.1) is 0 Å². The number of hydrogen-bond acceptors (Lipinski definition) is 4. The van der Waals surface area contributed by atoms with Gasteiger partial charge >= 0.3 is 0 Å². The first-order valence-corrected chi connectivity index (χ1v) is 10.3. The summed E-state index contributed by atoms with van der Waals surface area (Å²) in [5.74, 6) is 0.821. The molecular weight excluding hydrogens is 360 g/mol. The van der Waals surface area contributed by atoms with Gasteiger partial charge in [0.2, 0.25) is 0 Å². The van der Waals surface area contributed by atoms with Crippen LogP contribution < -0.4 is 10.1 Å². The highest BCUT2D eigenvalue weighted by Crippen LogP contribution is 2.24. The molecule has 2 atom stereocenters. The Kier molecular flexibility index (Phi) is 6.55. The summed E-state index contributed by atoms with van der Waals surface area (Å²) in [7, 11) is 0. The molecule has 1 fully saturated rings. The third kappa shape index (κ3) is 5.66. The van der Waals surface area contributed by atoms with Gasteiger partial charge in [0.05, 0.1) is 18.9 Å². The lowest BCUT2D eigenvalue weighted by molar-refractivity contribution is 0.0535. The molecule has 1 aromatic heterocycles. The molecule has 150 valence electrons. The molecule has 0 unspecified atom stereocenters. The zero-order valence-electron chi connectivity index (χ0n) is 16.9. The van der Waals surface area contributed by atoms with E-state index < -0.39 is 0 Å². The maximum absolute atomic E-state index is 6.03. The molecular formula is C25H28N2O2. The van der Waals surface area contributed by atoms with Gasteiger partial charge in [-0.15, -0.1) is 0 Å². The average Bonchev–Trinajstić information content (AvgIpc) is 2.72. The second kappa shape index (κ2) is 9.68. The van der Waals surface area contributed by atoms with Crippen molar-refractivity contribution in [3.63, 3.8) is 0 Å². The van der Waals surface area contributed by atoms with E-state index in [4.69, 9.17) is 9.47 Å². The van der Waals surface area contributed by atoms with Gasteiger partial charge in [0.25, 0.3) is 0 Å². The van der Waals surface area contributed by atoms with E-state index in [1.807, 2.05) is 24.4 Å². The Morgan fingerprint density at radius 2 is 1.83 bits per heavy atom. The molecule has 2 heterocycles. The van der Waals surface area contributed by atoms with Crippen LogP contribution in [0.5, 0.6) is 5.75 Å². The smallest absolute Gasteiger partial charge is 0.138 e. The number of pyridine rings is 1. The average molecular weight is 389 g/mol. The van der Waals surface area contributed by atoms with E-state index in [0.29, 0.717) is 19.3 Å². The van der Waals surface area contributed by atoms with E-state index in [1.165, 1.54) is 17.5 Å². The Bertz CT molecular complexity index is 909. The minimum Gasteiger partial charge on any atom is -0.490 e. The predicted octanol–water partition coefficient (Wildman–Crippen LogP) is 4.64. The Morgan fingerprint density at radius 3 is 2.62 bits per heavy atom. The van der Waals surface area contributed by atoms with Crippen LogP contribution in [0.3, 0.4) is 0 Å². The maximum Gasteiger partial charge on any atom is 0.138 e. The Balaban J connectivity index is 1.36. The molecule has 4 rings (SSSR count). The van der Waals surface area contributed by atoms with Gasteiger partial charge in [0.15, 0.2) is 0 Å². The highest BCUT2D eigenvalue weighted by atomic mass is 16.5. The number of aromatic nitrogens is 1. The largest absolute Gasteiger partial charge is 0.490 e. The molecule has 4 nitrogen and oxygen atoms in total. The molecule has 0 saturated carbocycles. The normalized spacial score (nSPS) is 16.8. The summed E-state index contributed by atoms with van der Waals surface area (Å²) in [4.78, 5) is 4.37. The van der Waals surface area contributed by atoms with Crippen molar-refractivity contribution in [2.45, 2.75) is 38.5 Å². The minimum absolute atomic E-state index is 0.147. The van der Waals surface area contributed by atoms with Gasteiger partial charge < -0.3 is 14.8 Å². The molecule has 1 saturated heterocycles. The van der Waals surface area contributed by atoms with Crippen LogP contribution in [0.2, 0.25) is 0 Å². The van der Waals surface area contributed by atoms with Crippen LogP contribution in [0.1, 0.15) is 24.5 Å². The zero-order chi connectivity index (χ0) is 19.9. The van der Waals surface area contributed by atoms with E-state index >= 15 is 0 Å². The molecule has 0 spiro atoms. The second-order valence-electron chi connectivity index (χ2n) is 7.67. The summed E-state index contributed by atoms with van der Waals surface area (Å²) < 4.78 is 11.9. The SMILES string of the molecule is C[C@@H](Cc1cccc(-c2cncc(OC[C@@H]3CCN3)c2)c1)OCc1ccccc1. The first-order chi connectivity index (χ1) is 14.3. The van der Waals surface area contributed by atoms with Crippen LogP contribution in [0.15, 0.2) is 73.1 Å². The van der Waals surface area contributed by atoms with Gasteiger partial charge in [-0.3, -0.25) is 4.98 Å². The summed E-state index contributed by atoms with van der Waals surface area (Å²) in [6.07, 6.45) is 5.87. The highest BCUT2D eigenvalue weighted by Gasteiger charge is 2.16. The molecule has 0 bridgehead atoms. The van der Waals surface area contributed by atoms with E-state index in [2.05, 4.69) is 59.7 Å². The van der Waals surface area contributed by atoms with Crippen LogP contribution in [0.25, 0.3) is 11.1 Å².